The van der Waals surface area contributed by atoms with Crippen molar-refractivity contribution in [3.05, 3.63) is 161 Å². The van der Waals surface area contributed by atoms with E-state index in [1.807, 2.05) is 18.2 Å². The zero-order valence-electron chi connectivity index (χ0n) is 24.0. The second kappa shape index (κ2) is 17.3. The molecule has 2 radical (unpaired) electrons. The molecular formula is C36H33Cl2NOSiTi-2. The fourth-order valence-electron chi connectivity index (χ4n) is 4.33. The molecule has 0 unspecified atom stereocenters. The number of carbonyl (C=O) groups is 1. The third-order valence-electron chi connectivity index (χ3n) is 6.44. The average molecular weight is 643 g/mol. The van der Waals surface area contributed by atoms with Crippen LogP contribution in [0, 0.1) is 6.07 Å². The molecule has 0 saturated heterocycles. The summed E-state index contributed by atoms with van der Waals surface area (Å²) in [6.45, 7) is 6.25. The number of halogens is 2. The number of amides is 1. The van der Waals surface area contributed by atoms with Gasteiger partial charge < -0.3 is 10.5 Å². The molecule has 1 aliphatic carbocycles. The van der Waals surface area contributed by atoms with Crippen LogP contribution >= 0.6 is 18.6 Å². The van der Waals surface area contributed by atoms with Gasteiger partial charge in [0.25, 0.3) is 0 Å². The number of rotatable bonds is 3. The first-order valence-corrected chi connectivity index (χ1v) is 18.8. The van der Waals surface area contributed by atoms with Crippen LogP contribution in [0.2, 0.25) is 0 Å². The van der Waals surface area contributed by atoms with Gasteiger partial charge in [0, 0.05) is 0 Å². The van der Waals surface area contributed by atoms with Crippen LogP contribution in [-0.2, 0) is 28.9 Å². The maximum atomic E-state index is 10.8. The van der Waals surface area contributed by atoms with Gasteiger partial charge in [-0.3, -0.25) is 0 Å². The van der Waals surface area contributed by atoms with E-state index in [0.717, 1.165) is 21.5 Å². The quantitative estimate of drug-likeness (QED) is 0.140. The van der Waals surface area contributed by atoms with Crippen LogP contribution in [0.25, 0.3) is 16.9 Å². The van der Waals surface area contributed by atoms with Gasteiger partial charge in [-0.15, -0.1) is 5.56 Å². The molecule has 1 N–H and O–H groups in total. The molecule has 5 aromatic rings. The van der Waals surface area contributed by atoms with E-state index in [9.17, 15) is 4.79 Å². The molecule has 0 spiro atoms. The number of nitrogens with one attached hydrogen (secondary N) is 1. The molecular weight excluding hydrogens is 609 g/mol. The summed E-state index contributed by atoms with van der Waals surface area (Å²) in [7, 11) is 10.6. The Labute approximate surface area is 269 Å². The summed E-state index contributed by atoms with van der Waals surface area (Å²) >= 11 is -0.556. The first-order valence-electron chi connectivity index (χ1n) is 13.5. The number of fused-ring (bicyclic) bond motifs is 3. The van der Waals surface area contributed by atoms with Crippen molar-refractivity contribution in [3.8, 4) is 11.1 Å². The molecule has 0 aliphatic heterocycles. The summed E-state index contributed by atoms with van der Waals surface area (Å²) in [5.41, 5.74) is 14.1. The van der Waals surface area contributed by atoms with Crippen LogP contribution in [-0.4, -0.2) is 15.4 Å². The SMILES string of the molecule is CC(C)(C)c1cccc(C([NH-])=O)c1.[Cl][Ti][Cl].[c-]1cccc2c1Cc1ccccc1-2.c1ccc([Si]c2ccccc2)cc1. The summed E-state index contributed by atoms with van der Waals surface area (Å²) in [5.74, 6) is -0.619. The minimum absolute atomic E-state index is 0.0332. The van der Waals surface area contributed by atoms with Gasteiger partial charge >= 0.3 is 35.6 Å². The van der Waals surface area contributed by atoms with Crippen molar-refractivity contribution in [3.63, 3.8) is 0 Å². The van der Waals surface area contributed by atoms with Crippen LogP contribution in [0.1, 0.15) is 47.8 Å². The van der Waals surface area contributed by atoms with Crippen molar-refractivity contribution in [2.45, 2.75) is 32.6 Å². The van der Waals surface area contributed by atoms with Crippen LogP contribution in [0.3, 0.4) is 0 Å². The average Bonchev–Trinajstić information content (AvgIpc) is 3.38. The van der Waals surface area contributed by atoms with Gasteiger partial charge in [-0.25, -0.2) is 0 Å². The van der Waals surface area contributed by atoms with Crippen molar-refractivity contribution < 1.29 is 21.8 Å². The van der Waals surface area contributed by atoms with Crippen molar-refractivity contribution in [1.29, 1.82) is 0 Å². The van der Waals surface area contributed by atoms with Crippen molar-refractivity contribution in [2.75, 3.05) is 0 Å². The van der Waals surface area contributed by atoms with Crippen molar-refractivity contribution >= 4 is 44.4 Å². The topological polar surface area (TPSA) is 40.9 Å². The molecule has 0 saturated carbocycles. The monoisotopic (exact) mass is 641 g/mol. The zero-order chi connectivity index (χ0) is 30.4. The molecule has 1 aliphatic rings. The Morgan fingerprint density at radius 3 is 1.88 bits per heavy atom. The minimum atomic E-state index is -0.619. The van der Waals surface area contributed by atoms with E-state index < -0.39 is 22.9 Å². The number of benzene rings is 5. The summed E-state index contributed by atoms with van der Waals surface area (Å²) in [6.07, 6.45) is 1.05. The Kier molecular flexibility index (Phi) is 13.8. The number of hydrogen-bond acceptors (Lipinski definition) is 1. The third-order valence-corrected chi connectivity index (χ3v) is 7.69. The molecule has 6 rings (SSSR count). The second-order valence-corrected chi connectivity index (χ2v) is 14.5. The molecule has 0 atom stereocenters. The Balaban J connectivity index is 0.000000165. The zero-order valence-corrected chi connectivity index (χ0v) is 28.1. The van der Waals surface area contributed by atoms with E-state index in [1.165, 1.54) is 32.6 Å². The van der Waals surface area contributed by atoms with Gasteiger partial charge in [-0.2, -0.15) is 29.8 Å². The first kappa shape index (κ1) is 33.6. The molecule has 212 valence electrons. The molecule has 42 heavy (non-hydrogen) atoms. The maximum Gasteiger partial charge on any atom is 0.121 e. The predicted octanol–water partition coefficient (Wildman–Crippen LogP) is 8.95. The second-order valence-electron chi connectivity index (χ2n) is 10.5. The molecule has 0 aromatic heterocycles. The standard InChI is InChI=1S/C13H9.C12H10Si.C11H15NO.2ClH.Ti/c1-3-7-12-10(5-1)9-11-6-2-4-8-13(11)12;1-3-7-11(8-4-1)13-12-9-5-2-6-10-12;1-11(2,3)9-6-4-5-8(7-9)10(12)13;;;/h1-5,7-8H,9H2;1-10H;4-7H,1-3H3,(H2,12,13);2*1H;/q-1;;;;;+2/p-3. The van der Waals surface area contributed by atoms with Gasteiger partial charge in [-0.05, 0) is 29.0 Å². The number of carbonyl (C=O) groups excluding carboxylic acids is 1. The summed E-state index contributed by atoms with van der Waals surface area (Å²) in [4.78, 5) is 10.8. The maximum absolute atomic E-state index is 10.8. The van der Waals surface area contributed by atoms with E-state index >= 15 is 0 Å². The number of hydrogen-bond donors (Lipinski definition) is 0. The predicted molar refractivity (Wildman–Crippen MR) is 177 cm³/mol. The van der Waals surface area contributed by atoms with E-state index in [-0.39, 0.29) is 5.41 Å². The third kappa shape index (κ3) is 10.7. The van der Waals surface area contributed by atoms with E-state index in [4.69, 9.17) is 24.3 Å². The summed E-state index contributed by atoms with van der Waals surface area (Å²) in [5, 5.41) is 2.79. The minimum Gasteiger partial charge on any atom is -0.179 e. The van der Waals surface area contributed by atoms with Gasteiger partial charge in [0.15, 0.2) is 0 Å². The largest absolute Gasteiger partial charge is 0.179 e. The Morgan fingerprint density at radius 2 is 1.31 bits per heavy atom. The summed E-state index contributed by atoms with van der Waals surface area (Å²) in [6, 6.07) is 46.5. The first-order chi connectivity index (χ1) is 20.2. The molecule has 0 fully saturated rings. The van der Waals surface area contributed by atoms with E-state index in [1.54, 1.807) is 12.1 Å². The fourth-order valence-corrected chi connectivity index (χ4v) is 5.39. The Bertz CT molecular complexity index is 1460. The molecule has 2 nitrogen and oxygen atoms in total. The van der Waals surface area contributed by atoms with Gasteiger partial charge in [0.2, 0.25) is 0 Å². The van der Waals surface area contributed by atoms with E-state index in [0.29, 0.717) is 5.56 Å². The molecule has 6 heteroatoms. The fraction of sp³-hybridized carbons (Fsp3) is 0.139. The van der Waals surface area contributed by atoms with Crippen LogP contribution in [0.5, 0.6) is 0 Å². The Morgan fingerprint density at radius 1 is 0.762 bits per heavy atom. The molecule has 0 bridgehead atoms. The van der Waals surface area contributed by atoms with Crippen LogP contribution in [0.15, 0.2) is 127 Å². The molecule has 5 aromatic carbocycles. The van der Waals surface area contributed by atoms with Gasteiger partial charge in [0.1, 0.15) is 9.52 Å². The summed E-state index contributed by atoms with van der Waals surface area (Å²) < 4.78 is 0. The van der Waals surface area contributed by atoms with Gasteiger partial charge in [0.05, 0.1) is 5.91 Å². The molecule has 1 amide bonds. The van der Waals surface area contributed by atoms with Crippen LogP contribution < -0.4 is 10.4 Å². The van der Waals surface area contributed by atoms with E-state index in [2.05, 4.69) is 124 Å². The normalized spacial score (nSPS) is 10.7. The molecule has 0 heterocycles. The van der Waals surface area contributed by atoms with Crippen molar-refractivity contribution in [1.82, 2.24) is 0 Å². The smallest absolute Gasteiger partial charge is 0.121 e. The van der Waals surface area contributed by atoms with Gasteiger partial charge in [-0.1, -0.05) is 145 Å². The van der Waals surface area contributed by atoms with Crippen LogP contribution in [0.4, 0.5) is 0 Å². The van der Waals surface area contributed by atoms with Crippen molar-refractivity contribution in [2.24, 2.45) is 0 Å². The Hall–Kier alpha value is -2.92.